The SMILES string of the molecule is COc1cc(C=Cc2cc(OC)c(OC)c(OC)c2)cc(NC(=O)/C=C/c2ccc(O)c(O)c2)c1OC. The van der Waals surface area contributed by atoms with Gasteiger partial charge in [0.15, 0.2) is 34.5 Å². The third kappa shape index (κ3) is 6.46. The summed E-state index contributed by atoms with van der Waals surface area (Å²) in [5.74, 6) is 1.38. The van der Waals surface area contributed by atoms with Crippen LogP contribution in [-0.4, -0.2) is 51.7 Å². The van der Waals surface area contributed by atoms with E-state index < -0.39 is 5.91 Å². The third-order valence-corrected chi connectivity index (χ3v) is 5.34. The summed E-state index contributed by atoms with van der Waals surface area (Å²) in [6.07, 6.45) is 6.50. The van der Waals surface area contributed by atoms with E-state index in [0.717, 1.165) is 11.1 Å². The molecule has 3 aromatic rings. The maximum absolute atomic E-state index is 12.6. The Hall–Kier alpha value is -4.79. The molecule has 194 valence electrons. The molecule has 3 aromatic carbocycles. The van der Waals surface area contributed by atoms with Crippen molar-refractivity contribution in [3.05, 3.63) is 65.2 Å². The van der Waals surface area contributed by atoms with Crippen molar-refractivity contribution < 1.29 is 38.7 Å². The van der Waals surface area contributed by atoms with Gasteiger partial charge in [-0.2, -0.15) is 0 Å². The molecule has 9 heteroatoms. The highest BCUT2D eigenvalue weighted by molar-refractivity contribution is 6.03. The lowest BCUT2D eigenvalue weighted by Crippen LogP contribution is -2.09. The number of nitrogens with one attached hydrogen (secondary N) is 1. The molecule has 0 aliphatic heterocycles. The lowest BCUT2D eigenvalue weighted by atomic mass is 10.1. The van der Waals surface area contributed by atoms with Crippen LogP contribution in [0.3, 0.4) is 0 Å². The first-order chi connectivity index (χ1) is 17.8. The number of phenols is 2. The van der Waals surface area contributed by atoms with Crippen LogP contribution >= 0.6 is 0 Å². The Kier molecular flexibility index (Phi) is 8.88. The number of carbonyl (C=O) groups is 1. The highest BCUT2D eigenvalue weighted by Gasteiger charge is 2.15. The fraction of sp³-hybridized carbons (Fsp3) is 0.179. The lowest BCUT2D eigenvalue weighted by molar-refractivity contribution is -0.111. The summed E-state index contributed by atoms with van der Waals surface area (Å²) >= 11 is 0. The zero-order chi connectivity index (χ0) is 26.9. The number of methoxy groups -OCH3 is 5. The van der Waals surface area contributed by atoms with Crippen LogP contribution in [0.1, 0.15) is 16.7 Å². The van der Waals surface area contributed by atoms with Crippen molar-refractivity contribution in [3.63, 3.8) is 0 Å². The quantitative estimate of drug-likeness (QED) is 0.200. The van der Waals surface area contributed by atoms with Gasteiger partial charge in [-0.05, 0) is 59.2 Å². The Morgan fingerprint density at radius 2 is 1.19 bits per heavy atom. The third-order valence-electron chi connectivity index (χ3n) is 5.34. The molecule has 0 fully saturated rings. The summed E-state index contributed by atoms with van der Waals surface area (Å²) in [7, 11) is 7.63. The van der Waals surface area contributed by atoms with E-state index in [9.17, 15) is 15.0 Å². The normalized spacial score (nSPS) is 10.9. The van der Waals surface area contributed by atoms with Crippen LogP contribution in [0.15, 0.2) is 48.5 Å². The number of anilines is 1. The molecule has 0 bridgehead atoms. The van der Waals surface area contributed by atoms with Crippen molar-refractivity contribution in [2.75, 3.05) is 40.9 Å². The van der Waals surface area contributed by atoms with E-state index in [1.165, 1.54) is 38.5 Å². The van der Waals surface area contributed by atoms with Crippen LogP contribution in [0.5, 0.6) is 40.2 Å². The monoisotopic (exact) mass is 507 g/mol. The first-order valence-corrected chi connectivity index (χ1v) is 11.1. The molecule has 3 rings (SSSR count). The maximum Gasteiger partial charge on any atom is 0.248 e. The van der Waals surface area contributed by atoms with Crippen molar-refractivity contribution in [1.82, 2.24) is 0 Å². The van der Waals surface area contributed by atoms with E-state index >= 15 is 0 Å². The fourth-order valence-electron chi connectivity index (χ4n) is 3.56. The zero-order valence-electron chi connectivity index (χ0n) is 21.2. The van der Waals surface area contributed by atoms with Crippen molar-refractivity contribution >= 4 is 29.8 Å². The second kappa shape index (κ2) is 12.3. The molecular formula is C28H29NO8. The lowest BCUT2D eigenvalue weighted by Gasteiger charge is -2.14. The molecule has 9 nitrogen and oxygen atoms in total. The molecule has 0 aromatic heterocycles. The van der Waals surface area contributed by atoms with Gasteiger partial charge >= 0.3 is 0 Å². The van der Waals surface area contributed by atoms with Crippen molar-refractivity contribution in [1.29, 1.82) is 0 Å². The van der Waals surface area contributed by atoms with E-state index in [0.29, 0.717) is 40.0 Å². The molecule has 0 atom stereocenters. The van der Waals surface area contributed by atoms with Crippen LogP contribution < -0.4 is 29.0 Å². The Bertz CT molecular complexity index is 1300. The number of carbonyl (C=O) groups excluding carboxylic acids is 1. The fourth-order valence-corrected chi connectivity index (χ4v) is 3.56. The van der Waals surface area contributed by atoms with Crippen LogP contribution in [0.25, 0.3) is 18.2 Å². The summed E-state index contributed by atoms with van der Waals surface area (Å²) in [5.41, 5.74) is 2.47. The molecule has 0 aliphatic rings. The van der Waals surface area contributed by atoms with E-state index in [1.54, 1.807) is 39.5 Å². The van der Waals surface area contributed by atoms with Gasteiger partial charge in [-0.1, -0.05) is 18.2 Å². The van der Waals surface area contributed by atoms with Crippen molar-refractivity contribution in [2.45, 2.75) is 0 Å². The zero-order valence-corrected chi connectivity index (χ0v) is 21.2. The minimum Gasteiger partial charge on any atom is -0.504 e. The summed E-state index contributed by atoms with van der Waals surface area (Å²) in [6, 6.07) is 11.4. The maximum atomic E-state index is 12.6. The largest absolute Gasteiger partial charge is 0.504 e. The predicted octanol–water partition coefficient (Wildman–Crippen LogP) is 4.96. The molecule has 0 spiro atoms. The van der Waals surface area contributed by atoms with Crippen molar-refractivity contribution in [3.8, 4) is 40.2 Å². The minimum atomic E-state index is -0.432. The number of phenolic OH excluding ortho intramolecular Hbond substituents is 2. The Morgan fingerprint density at radius 1 is 0.649 bits per heavy atom. The number of hydrogen-bond acceptors (Lipinski definition) is 8. The Morgan fingerprint density at radius 3 is 1.70 bits per heavy atom. The van der Waals surface area contributed by atoms with E-state index in [4.69, 9.17) is 23.7 Å². The highest BCUT2D eigenvalue weighted by Crippen LogP contribution is 2.40. The average molecular weight is 508 g/mol. The second-order valence-corrected chi connectivity index (χ2v) is 7.67. The van der Waals surface area contributed by atoms with E-state index in [2.05, 4.69) is 5.32 Å². The van der Waals surface area contributed by atoms with Crippen LogP contribution in [0, 0.1) is 0 Å². The van der Waals surface area contributed by atoms with E-state index in [-0.39, 0.29) is 11.5 Å². The first kappa shape index (κ1) is 26.8. The Balaban J connectivity index is 1.90. The first-order valence-electron chi connectivity index (χ1n) is 11.1. The summed E-state index contributed by atoms with van der Waals surface area (Å²) in [5, 5.41) is 21.9. The van der Waals surface area contributed by atoms with Gasteiger partial charge in [0.2, 0.25) is 11.7 Å². The standard InChI is InChI=1S/C28H29NO8/c1-33-23-14-18(6-7-19-15-24(34-2)28(37-5)25(16-19)35-3)12-20(27(23)36-4)29-26(32)11-9-17-8-10-21(30)22(31)13-17/h6-16,30-31H,1-5H3,(H,29,32)/b7-6?,11-9+. The predicted molar refractivity (Wildman–Crippen MR) is 142 cm³/mol. The number of amides is 1. The molecule has 0 saturated carbocycles. The van der Waals surface area contributed by atoms with Gasteiger partial charge < -0.3 is 39.2 Å². The highest BCUT2D eigenvalue weighted by atomic mass is 16.5. The number of aromatic hydroxyl groups is 2. The molecule has 37 heavy (non-hydrogen) atoms. The second-order valence-electron chi connectivity index (χ2n) is 7.67. The molecule has 0 saturated heterocycles. The molecule has 0 heterocycles. The smallest absolute Gasteiger partial charge is 0.248 e. The van der Waals surface area contributed by atoms with Crippen LogP contribution in [-0.2, 0) is 4.79 Å². The Labute approximate surface area is 215 Å². The molecule has 0 radical (unpaired) electrons. The van der Waals surface area contributed by atoms with Gasteiger partial charge in [0.1, 0.15) is 0 Å². The van der Waals surface area contributed by atoms with Gasteiger partial charge in [0.25, 0.3) is 0 Å². The van der Waals surface area contributed by atoms with Gasteiger partial charge in [0.05, 0.1) is 41.2 Å². The van der Waals surface area contributed by atoms with Gasteiger partial charge in [0, 0.05) is 6.08 Å². The topological polar surface area (TPSA) is 116 Å². The average Bonchev–Trinajstić information content (AvgIpc) is 2.91. The molecule has 1 amide bonds. The van der Waals surface area contributed by atoms with Gasteiger partial charge in [-0.15, -0.1) is 0 Å². The summed E-state index contributed by atoms with van der Waals surface area (Å²) < 4.78 is 27.1. The summed E-state index contributed by atoms with van der Waals surface area (Å²) in [6.45, 7) is 0. The molecule has 3 N–H and O–H groups in total. The molecule has 0 unspecified atom stereocenters. The van der Waals surface area contributed by atoms with Gasteiger partial charge in [-0.25, -0.2) is 0 Å². The summed E-state index contributed by atoms with van der Waals surface area (Å²) in [4.78, 5) is 12.6. The number of ether oxygens (including phenoxy) is 5. The van der Waals surface area contributed by atoms with E-state index in [1.807, 2.05) is 24.3 Å². The van der Waals surface area contributed by atoms with Gasteiger partial charge in [-0.3, -0.25) is 4.79 Å². The molecular weight excluding hydrogens is 478 g/mol. The molecule has 0 aliphatic carbocycles. The van der Waals surface area contributed by atoms with Crippen LogP contribution in [0.4, 0.5) is 5.69 Å². The number of hydrogen-bond donors (Lipinski definition) is 3. The number of benzene rings is 3. The van der Waals surface area contributed by atoms with Crippen LogP contribution in [0.2, 0.25) is 0 Å². The van der Waals surface area contributed by atoms with Crippen molar-refractivity contribution in [2.24, 2.45) is 0 Å². The number of rotatable bonds is 10. The minimum absolute atomic E-state index is 0.241.